The van der Waals surface area contributed by atoms with Crippen LogP contribution in [-0.2, 0) is 0 Å². The zero-order valence-electron chi connectivity index (χ0n) is 12.3. The molecule has 0 aliphatic heterocycles. The number of aliphatic hydroxyl groups excluding tert-OH is 1. The molecule has 2 N–H and O–H groups in total. The van der Waals surface area contributed by atoms with E-state index in [-0.39, 0.29) is 5.91 Å². The van der Waals surface area contributed by atoms with E-state index >= 15 is 0 Å². The fourth-order valence-electron chi connectivity index (χ4n) is 1.53. The maximum absolute atomic E-state index is 12.4. The highest BCUT2D eigenvalue weighted by molar-refractivity contribution is 9.10. The molecule has 112 valence electrons. The minimum Gasteiger partial charge on any atom is -0.497 e. The van der Waals surface area contributed by atoms with E-state index in [9.17, 15) is 9.90 Å². The number of carbonyl (C=O) groups is 1. The molecule has 0 heterocycles. The van der Waals surface area contributed by atoms with E-state index in [0.29, 0.717) is 21.5 Å². The number of hydrogen-bond donors (Lipinski definition) is 2. The Morgan fingerprint density at radius 2 is 1.95 bits per heavy atom. The van der Waals surface area contributed by atoms with Crippen LogP contribution in [0.25, 0.3) is 0 Å². The molecule has 6 heteroatoms. The molecule has 1 atom stereocenters. The fourth-order valence-corrected chi connectivity index (χ4v) is 2.13. The molecule has 0 aliphatic rings. The van der Waals surface area contributed by atoms with Gasteiger partial charge in [-0.25, -0.2) is 0 Å². The second kappa shape index (κ2) is 6.45. The highest BCUT2D eigenvalue weighted by Gasteiger charge is 2.28. The van der Waals surface area contributed by atoms with Crippen LogP contribution in [0.3, 0.4) is 0 Å². The summed E-state index contributed by atoms with van der Waals surface area (Å²) in [6.45, 7) is 5.12. The molecule has 0 saturated heterocycles. The molecule has 1 rings (SSSR count). The average Bonchev–Trinajstić information content (AvgIpc) is 2.36. The Morgan fingerprint density at radius 3 is 2.40 bits per heavy atom. The zero-order chi connectivity index (χ0) is 15.5. The molecule has 0 saturated carbocycles. The summed E-state index contributed by atoms with van der Waals surface area (Å²) >= 11 is 3.34. The van der Waals surface area contributed by atoms with Crippen LogP contribution in [0.15, 0.2) is 16.6 Å². The molecule has 1 amide bonds. The van der Waals surface area contributed by atoms with E-state index in [0.717, 1.165) is 0 Å². The Hall–Kier alpha value is -1.27. The number of rotatable bonds is 5. The fraction of sp³-hybridized carbons (Fsp3) is 0.500. The van der Waals surface area contributed by atoms with Crippen molar-refractivity contribution in [3.8, 4) is 11.5 Å². The number of hydrogen-bond acceptors (Lipinski definition) is 4. The number of benzene rings is 1. The van der Waals surface area contributed by atoms with Crippen LogP contribution < -0.4 is 14.8 Å². The summed E-state index contributed by atoms with van der Waals surface area (Å²) in [4.78, 5) is 12.4. The number of methoxy groups -OCH3 is 2. The molecular weight excluding hydrogens is 326 g/mol. The van der Waals surface area contributed by atoms with E-state index in [1.165, 1.54) is 14.2 Å². The second-order valence-electron chi connectivity index (χ2n) is 5.04. The smallest absolute Gasteiger partial charge is 0.255 e. The van der Waals surface area contributed by atoms with Gasteiger partial charge in [-0.3, -0.25) is 4.79 Å². The van der Waals surface area contributed by atoms with Crippen molar-refractivity contribution in [2.45, 2.75) is 32.4 Å². The largest absolute Gasteiger partial charge is 0.497 e. The van der Waals surface area contributed by atoms with Crippen molar-refractivity contribution in [2.75, 3.05) is 14.2 Å². The van der Waals surface area contributed by atoms with Gasteiger partial charge in [0.05, 0.1) is 35.9 Å². The van der Waals surface area contributed by atoms with Crippen molar-refractivity contribution in [3.05, 3.63) is 22.2 Å². The van der Waals surface area contributed by atoms with Crippen LogP contribution in [0.2, 0.25) is 0 Å². The van der Waals surface area contributed by atoms with Crippen molar-refractivity contribution in [2.24, 2.45) is 0 Å². The van der Waals surface area contributed by atoms with Gasteiger partial charge >= 0.3 is 0 Å². The van der Waals surface area contributed by atoms with Gasteiger partial charge in [0.25, 0.3) is 5.91 Å². The van der Waals surface area contributed by atoms with Crippen molar-refractivity contribution < 1.29 is 19.4 Å². The van der Waals surface area contributed by atoms with Crippen molar-refractivity contribution >= 4 is 21.8 Å². The van der Waals surface area contributed by atoms with Gasteiger partial charge < -0.3 is 19.9 Å². The van der Waals surface area contributed by atoms with Gasteiger partial charge in [-0.05, 0) is 48.8 Å². The molecule has 0 fully saturated rings. The lowest BCUT2D eigenvalue weighted by Gasteiger charge is -2.29. The maximum Gasteiger partial charge on any atom is 0.255 e. The van der Waals surface area contributed by atoms with E-state index < -0.39 is 11.6 Å². The third-order valence-corrected chi connectivity index (χ3v) is 3.77. The van der Waals surface area contributed by atoms with Crippen LogP contribution >= 0.6 is 15.9 Å². The molecule has 1 aromatic carbocycles. The Balaban J connectivity index is 3.18. The first-order chi connectivity index (χ1) is 9.22. The van der Waals surface area contributed by atoms with Crippen LogP contribution in [0, 0.1) is 0 Å². The summed E-state index contributed by atoms with van der Waals surface area (Å²) in [7, 11) is 3.01. The average molecular weight is 346 g/mol. The van der Waals surface area contributed by atoms with Gasteiger partial charge in [-0.2, -0.15) is 0 Å². The lowest BCUT2D eigenvalue weighted by molar-refractivity contribution is 0.0706. The molecule has 0 spiro atoms. The predicted molar refractivity (Wildman–Crippen MR) is 80.5 cm³/mol. The lowest BCUT2D eigenvalue weighted by atomic mass is 9.98. The predicted octanol–water partition coefficient (Wildman–Crippen LogP) is 2.36. The maximum atomic E-state index is 12.4. The monoisotopic (exact) mass is 345 g/mol. The van der Waals surface area contributed by atoms with Crippen molar-refractivity contribution in [3.63, 3.8) is 0 Å². The zero-order valence-corrected chi connectivity index (χ0v) is 13.9. The Bertz CT molecular complexity index is 500. The quantitative estimate of drug-likeness (QED) is 0.859. The molecule has 0 bridgehead atoms. The number of amides is 1. The molecule has 0 radical (unpaired) electrons. The highest BCUT2D eigenvalue weighted by Crippen LogP contribution is 2.33. The first kappa shape index (κ1) is 16.8. The van der Waals surface area contributed by atoms with Crippen molar-refractivity contribution in [1.82, 2.24) is 5.32 Å². The molecular formula is C14H20BrNO4. The van der Waals surface area contributed by atoms with Gasteiger partial charge in [0.1, 0.15) is 11.5 Å². The number of nitrogens with one attached hydrogen (secondary N) is 1. The van der Waals surface area contributed by atoms with Gasteiger partial charge in [0.15, 0.2) is 0 Å². The standard InChI is InChI=1S/C14H20BrNO4/c1-8(17)14(2,3)16-13(18)10-6-9(19-4)7-11(15)12(10)20-5/h6-8,17H,1-5H3,(H,16,18). The van der Waals surface area contributed by atoms with Crippen LogP contribution in [-0.4, -0.2) is 36.9 Å². The summed E-state index contributed by atoms with van der Waals surface area (Å²) in [6.07, 6.45) is -0.688. The van der Waals surface area contributed by atoms with Crippen molar-refractivity contribution in [1.29, 1.82) is 0 Å². The molecule has 1 aromatic rings. The lowest BCUT2D eigenvalue weighted by Crippen LogP contribution is -2.51. The van der Waals surface area contributed by atoms with Gasteiger partial charge in [0, 0.05) is 0 Å². The first-order valence-electron chi connectivity index (χ1n) is 6.15. The van der Waals surface area contributed by atoms with Crippen LogP contribution in [0.1, 0.15) is 31.1 Å². The number of halogens is 1. The Labute approximate surface area is 127 Å². The van der Waals surface area contributed by atoms with Gasteiger partial charge in [-0.1, -0.05) is 0 Å². The number of aliphatic hydroxyl groups is 1. The third kappa shape index (κ3) is 3.64. The number of ether oxygens (including phenoxy) is 2. The van der Waals surface area contributed by atoms with Gasteiger partial charge in [-0.15, -0.1) is 0 Å². The van der Waals surface area contributed by atoms with Crippen LogP contribution in [0.4, 0.5) is 0 Å². The highest BCUT2D eigenvalue weighted by atomic mass is 79.9. The number of carbonyl (C=O) groups excluding carboxylic acids is 1. The summed E-state index contributed by atoms with van der Waals surface area (Å²) in [6, 6.07) is 3.31. The van der Waals surface area contributed by atoms with E-state index in [1.807, 2.05) is 0 Å². The summed E-state index contributed by atoms with van der Waals surface area (Å²) in [5, 5.41) is 12.5. The molecule has 0 aliphatic carbocycles. The van der Waals surface area contributed by atoms with E-state index in [4.69, 9.17) is 9.47 Å². The second-order valence-corrected chi connectivity index (χ2v) is 5.90. The van der Waals surface area contributed by atoms with E-state index in [2.05, 4.69) is 21.2 Å². The minimum atomic E-state index is -0.752. The Morgan fingerprint density at radius 1 is 1.35 bits per heavy atom. The molecule has 0 aromatic heterocycles. The van der Waals surface area contributed by atoms with Crippen LogP contribution in [0.5, 0.6) is 11.5 Å². The summed E-state index contributed by atoms with van der Waals surface area (Å²) < 4.78 is 11.0. The normalized spacial score (nSPS) is 12.8. The molecule has 1 unspecified atom stereocenters. The third-order valence-electron chi connectivity index (χ3n) is 3.18. The summed E-state index contributed by atoms with van der Waals surface area (Å²) in [5.41, 5.74) is -0.412. The van der Waals surface area contributed by atoms with Gasteiger partial charge in [0.2, 0.25) is 0 Å². The minimum absolute atomic E-state index is 0.340. The molecule has 20 heavy (non-hydrogen) atoms. The SMILES string of the molecule is COc1cc(Br)c(OC)c(C(=O)NC(C)(C)C(C)O)c1. The summed E-state index contributed by atoms with van der Waals surface area (Å²) in [5.74, 6) is 0.620. The topological polar surface area (TPSA) is 67.8 Å². The first-order valence-corrected chi connectivity index (χ1v) is 6.94. The molecule has 5 nitrogen and oxygen atoms in total. The van der Waals surface area contributed by atoms with E-state index in [1.54, 1.807) is 32.9 Å². The Kier molecular flexibility index (Phi) is 5.42.